The third-order valence-corrected chi connectivity index (χ3v) is 7.81. The molecule has 1 heterocycles. The molecule has 2 N–H and O–H groups in total. The number of amides is 1. The Kier molecular flexibility index (Phi) is 10.4. The quantitative estimate of drug-likeness (QED) is 0.139. The van der Waals surface area contributed by atoms with Crippen LogP contribution in [0.1, 0.15) is 27.9 Å². The Hall–Kier alpha value is -5.54. The van der Waals surface area contributed by atoms with Crippen molar-refractivity contribution < 1.29 is 24.2 Å². The van der Waals surface area contributed by atoms with E-state index >= 15 is 0 Å². The number of benzene rings is 4. The number of aliphatic carboxylic acids is 1. The van der Waals surface area contributed by atoms with E-state index in [-0.39, 0.29) is 26.1 Å². The summed E-state index contributed by atoms with van der Waals surface area (Å²) >= 11 is 0. The van der Waals surface area contributed by atoms with E-state index < -0.39 is 29.4 Å². The Bertz CT molecular complexity index is 1630. The molecule has 0 spiro atoms. The zero-order chi connectivity index (χ0) is 32.4. The summed E-state index contributed by atoms with van der Waals surface area (Å²) in [4.78, 5) is 43.8. The van der Waals surface area contributed by atoms with Crippen LogP contribution in [0.5, 0.6) is 0 Å². The molecule has 0 fully saturated rings. The van der Waals surface area contributed by atoms with E-state index in [0.29, 0.717) is 5.69 Å². The number of hydrogen-bond donors (Lipinski definition) is 2. The maximum Gasteiger partial charge on any atom is 0.328 e. The highest BCUT2D eigenvalue weighted by Gasteiger charge is 2.38. The number of methoxy groups -OCH3 is 1. The average molecular weight is 617 g/mol. The molecule has 0 unspecified atom stereocenters. The van der Waals surface area contributed by atoms with E-state index in [1.54, 1.807) is 6.33 Å². The van der Waals surface area contributed by atoms with Gasteiger partial charge in [0.05, 0.1) is 32.2 Å². The van der Waals surface area contributed by atoms with Crippen LogP contribution in [0.3, 0.4) is 0 Å². The van der Waals surface area contributed by atoms with Crippen LogP contribution in [0.25, 0.3) is 0 Å². The SMILES string of the molecule is COC(=O)[C@H](Cc1cn(C(c2ccccc2)(c2ccccc2)c2ccccc2)cn1)NC(=O)CN(CC(=O)O)Cc1ccccc1. The van der Waals surface area contributed by atoms with Gasteiger partial charge in [-0.05, 0) is 22.3 Å². The molecule has 9 nitrogen and oxygen atoms in total. The maximum absolute atomic E-state index is 13.2. The van der Waals surface area contributed by atoms with Crippen molar-refractivity contribution in [3.63, 3.8) is 0 Å². The lowest BCUT2D eigenvalue weighted by Crippen LogP contribution is -2.47. The highest BCUT2D eigenvalue weighted by molar-refractivity contribution is 5.86. The van der Waals surface area contributed by atoms with Crippen LogP contribution in [-0.4, -0.2) is 63.6 Å². The molecule has 0 radical (unpaired) electrons. The highest BCUT2D eigenvalue weighted by Crippen LogP contribution is 2.40. The molecule has 1 atom stereocenters. The second-order valence-electron chi connectivity index (χ2n) is 11.0. The molecule has 0 aliphatic heterocycles. The molecule has 234 valence electrons. The number of ether oxygens (including phenoxy) is 1. The van der Waals surface area contributed by atoms with Crippen LogP contribution >= 0.6 is 0 Å². The second kappa shape index (κ2) is 15.0. The van der Waals surface area contributed by atoms with Gasteiger partial charge in [-0.3, -0.25) is 14.5 Å². The first-order valence-corrected chi connectivity index (χ1v) is 15.0. The van der Waals surface area contributed by atoms with Gasteiger partial charge in [-0.25, -0.2) is 9.78 Å². The lowest BCUT2D eigenvalue weighted by Gasteiger charge is -2.37. The standard InChI is InChI=1S/C37H36N4O5/c1-46-36(45)33(39-34(42)25-40(26-35(43)44)23-28-14-6-2-7-15-28)22-32-24-41(27-38-32)37(29-16-8-3-9-17-29,30-18-10-4-11-19-30)31-20-12-5-13-21-31/h2-21,24,27,33H,22-23,25-26H2,1H3,(H,39,42)(H,43,44)/t33-/m0/s1. The number of imidazole rings is 1. The fourth-order valence-corrected chi connectivity index (χ4v) is 5.83. The maximum atomic E-state index is 13.2. The molecule has 0 saturated carbocycles. The predicted octanol–water partition coefficient (Wildman–Crippen LogP) is 4.51. The lowest BCUT2D eigenvalue weighted by molar-refractivity contribution is -0.145. The summed E-state index contributed by atoms with van der Waals surface area (Å²) in [6, 6.07) is 38.7. The first kappa shape index (κ1) is 31.9. The molecule has 0 aliphatic rings. The Morgan fingerprint density at radius 3 is 1.78 bits per heavy atom. The van der Waals surface area contributed by atoms with Crippen molar-refractivity contribution in [3.8, 4) is 0 Å². The molecule has 0 aliphatic carbocycles. The minimum atomic E-state index is -1.06. The molecule has 5 rings (SSSR count). The van der Waals surface area contributed by atoms with Gasteiger partial charge in [0.25, 0.3) is 0 Å². The first-order chi connectivity index (χ1) is 22.4. The van der Waals surface area contributed by atoms with Crippen molar-refractivity contribution in [3.05, 3.63) is 162 Å². The Balaban J connectivity index is 1.44. The van der Waals surface area contributed by atoms with Crippen molar-refractivity contribution in [2.24, 2.45) is 0 Å². The van der Waals surface area contributed by atoms with E-state index in [2.05, 4.69) is 41.7 Å². The molecule has 46 heavy (non-hydrogen) atoms. The Morgan fingerprint density at radius 2 is 1.30 bits per heavy atom. The zero-order valence-corrected chi connectivity index (χ0v) is 25.5. The number of carboxylic acids is 1. The summed E-state index contributed by atoms with van der Waals surface area (Å²) in [6.45, 7) is -0.299. The third-order valence-electron chi connectivity index (χ3n) is 7.81. The number of aromatic nitrogens is 2. The van der Waals surface area contributed by atoms with Gasteiger partial charge in [-0.2, -0.15) is 0 Å². The summed E-state index contributed by atoms with van der Waals surface area (Å²) in [6.07, 6.45) is 3.70. The van der Waals surface area contributed by atoms with Crippen LogP contribution in [0.2, 0.25) is 0 Å². The van der Waals surface area contributed by atoms with Crippen molar-refractivity contribution in [2.75, 3.05) is 20.2 Å². The summed E-state index contributed by atoms with van der Waals surface area (Å²) < 4.78 is 7.07. The van der Waals surface area contributed by atoms with Crippen LogP contribution in [0.15, 0.2) is 134 Å². The van der Waals surface area contributed by atoms with Gasteiger partial charge in [0.2, 0.25) is 5.91 Å². The van der Waals surface area contributed by atoms with Gasteiger partial charge in [0.15, 0.2) is 0 Å². The normalized spacial score (nSPS) is 12.0. The first-order valence-electron chi connectivity index (χ1n) is 15.0. The van der Waals surface area contributed by atoms with E-state index in [4.69, 9.17) is 9.72 Å². The second-order valence-corrected chi connectivity index (χ2v) is 11.0. The van der Waals surface area contributed by atoms with Crippen molar-refractivity contribution in [1.82, 2.24) is 19.8 Å². The largest absolute Gasteiger partial charge is 0.480 e. The topological polar surface area (TPSA) is 114 Å². The van der Waals surface area contributed by atoms with Gasteiger partial charge in [-0.15, -0.1) is 0 Å². The summed E-state index contributed by atoms with van der Waals surface area (Å²) in [7, 11) is 1.26. The third kappa shape index (κ3) is 7.39. The molecular formula is C37H36N4O5. The Morgan fingerprint density at radius 1 is 0.804 bits per heavy atom. The van der Waals surface area contributed by atoms with Gasteiger partial charge in [0, 0.05) is 19.2 Å². The molecule has 5 aromatic rings. The molecule has 9 heteroatoms. The van der Waals surface area contributed by atoms with E-state index in [0.717, 1.165) is 22.3 Å². The number of rotatable bonds is 14. The predicted molar refractivity (Wildman–Crippen MR) is 174 cm³/mol. The minimum absolute atomic E-state index is 0.0669. The number of carboxylic acid groups (broad SMARTS) is 1. The van der Waals surface area contributed by atoms with Gasteiger partial charge in [-0.1, -0.05) is 121 Å². The molecule has 1 aromatic heterocycles. The van der Waals surface area contributed by atoms with E-state index in [1.165, 1.54) is 12.0 Å². The molecule has 1 amide bonds. The fraction of sp³-hybridized carbons (Fsp3) is 0.189. The van der Waals surface area contributed by atoms with Crippen LogP contribution in [0, 0.1) is 0 Å². The summed E-state index contributed by atoms with van der Waals surface area (Å²) in [5.41, 5.74) is 3.71. The van der Waals surface area contributed by atoms with Gasteiger partial charge in [0.1, 0.15) is 11.6 Å². The summed E-state index contributed by atoms with van der Waals surface area (Å²) in [5, 5.41) is 12.2. The number of carbonyl (C=O) groups is 3. The van der Waals surface area contributed by atoms with Crippen LogP contribution < -0.4 is 5.32 Å². The van der Waals surface area contributed by atoms with Gasteiger partial charge < -0.3 is 19.7 Å². The molecule has 0 saturated heterocycles. The molecule has 4 aromatic carbocycles. The fourth-order valence-electron chi connectivity index (χ4n) is 5.83. The van der Waals surface area contributed by atoms with Crippen molar-refractivity contribution in [2.45, 2.75) is 24.5 Å². The summed E-state index contributed by atoms with van der Waals surface area (Å²) in [5.74, 6) is -2.19. The van der Waals surface area contributed by atoms with E-state index in [9.17, 15) is 19.5 Å². The number of hydrogen-bond acceptors (Lipinski definition) is 6. The Labute approximate surface area is 268 Å². The number of nitrogens with one attached hydrogen (secondary N) is 1. The molecule has 0 bridgehead atoms. The highest BCUT2D eigenvalue weighted by atomic mass is 16.5. The lowest BCUT2D eigenvalue weighted by atomic mass is 9.77. The number of nitrogens with zero attached hydrogens (tertiary/aromatic N) is 3. The monoisotopic (exact) mass is 616 g/mol. The minimum Gasteiger partial charge on any atom is -0.480 e. The van der Waals surface area contributed by atoms with Crippen LogP contribution in [-0.2, 0) is 37.6 Å². The smallest absolute Gasteiger partial charge is 0.328 e. The molecular weight excluding hydrogens is 580 g/mol. The van der Waals surface area contributed by atoms with Crippen LogP contribution in [0.4, 0.5) is 0 Å². The number of carbonyl (C=O) groups excluding carboxylic acids is 2. The van der Waals surface area contributed by atoms with Gasteiger partial charge >= 0.3 is 11.9 Å². The average Bonchev–Trinajstić information content (AvgIpc) is 3.54. The van der Waals surface area contributed by atoms with Crippen molar-refractivity contribution >= 4 is 17.8 Å². The number of esters is 1. The zero-order valence-electron chi connectivity index (χ0n) is 25.5. The van der Waals surface area contributed by atoms with E-state index in [1.807, 2.05) is 95.7 Å². The van der Waals surface area contributed by atoms with Crippen molar-refractivity contribution in [1.29, 1.82) is 0 Å².